The molecule has 2 atom stereocenters. The van der Waals surface area contributed by atoms with Crippen molar-refractivity contribution in [3.05, 3.63) is 41.0 Å². The zero-order chi connectivity index (χ0) is 16.1. The highest BCUT2D eigenvalue weighted by atomic mass is 32.2. The number of hydrogen-bond donors (Lipinski definition) is 0. The lowest BCUT2D eigenvalue weighted by Crippen LogP contribution is -2.38. The number of hydrogen-bond acceptors (Lipinski definition) is 2. The molecule has 0 aromatic heterocycles. The maximum atomic E-state index is 13.0. The summed E-state index contributed by atoms with van der Waals surface area (Å²) in [5, 5.41) is -0.982. The number of sulfone groups is 1. The molecule has 2 aliphatic heterocycles. The molecule has 1 aromatic carbocycles. The van der Waals surface area contributed by atoms with E-state index in [2.05, 4.69) is 0 Å². The van der Waals surface area contributed by atoms with Gasteiger partial charge in [0.1, 0.15) is 0 Å². The largest absolute Gasteiger partial charge is 0.416 e. The van der Waals surface area contributed by atoms with Gasteiger partial charge in [-0.05, 0) is 49.0 Å². The van der Waals surface area contributed by atoms with Crippen LogP contribution in [0.1, 0.15) is 42.4 Å². The fourth-order valence-corrected chi connectivity index (χ4v) is 5.80. The van der Waals surface area contributed by atoms with Crippen LogP contribution in [0.3, 0.4) is 0 Å². The molecule has 3 rings (SSSR count). The minimum Gasteiger partial charge on any atom is -0.228 e. The molecule has 1 aromatic rings. The van der Waals surface area contributed by atoms with Gasteiger partial charge in [-0.1, -0.05) is 24.6 Å². The first kappa shape index (κ1) is 15.6. The van der Waals surface area contributed by atoms with Gasteiger partial charge in [-0.2, -0.15) is 13.2 Å². The van der Waals surface area contributed by atoms with Gasteiger partial charge in [0, 0.05) is 0 Å². The molecule has 0 N–H and O–H groups in total. The summed E-state index contributed by atoms with van der Waals surface area (Å²) in [6.45, 7) is 1.46. The molecule has 22 heavy (non-hydrogen) atoms. The first-order valence-electron chi connectivity index (χ1n) is 7.32. The van der Waals surface area contributed by atoms with Crippen molar-refractivity contribution in [3.8, 4) is 0 Å². The van der Waals surface area contributed by atoms with Gasteiger partial charge in [0.25, 0.3) is 0 Å². The number of halogens is 3. The van der Waals surface area contributed by atoms with Crippen LogP contribution in [0.25, 0.3) is 5.57 Å². The summed E-state index contributed by atoms with van der Waals surface area (Å²) in [7, 11) is -3.16. The van der Waals surface area contributed by atoms with E-state index < -0.39 is 32.1 Å². The maximum Gasteiger partial charge on any atom is 0.416 e. The third kappa shape index (κ3) is 2.47. The average Bonchev–Trinajstić information content (AvgIpc) is 2.36. The maximum absolute atomic E-state index is 13.0. The van der Waals surface area contributed by atoms with Crippen molar-refractivity contribution in [2.75, 3.05) is 0 Å². The quantitative estimate of drug-likeness (QED) is 0.776. The smallest absolute Gasteiger partial charge is 0.228 e. The molecular formula is C16H17F3O2S. The second-order valence-electron chi connectivity index (χ2n) is 6.05. The van der Waals surface area contributed by atoms with Crippen LogP contribution in [0.2, 0.25) is 0 Å². The Morgan fingerprint density at radius 2 is 1.91 bits per heavy atom. The van der Waals surface area contributed by atoms with Gasteiger partial charge in [-0.3, -0.25) is 0 Å². The van der Waals surface area contributed by atoms with Crippen LogP contribution < -0.4 is 0 Å². The first-order valence-corrected chi connectivity index (χ1v) is 8.93. The van der Waals surface area contributed by atoms with Gasteiger partial charge in [0.15, 0.2) is 9.84 Å². The molecule has 1 fully saturated rings. The van der Waals surface area contributed by atoms with Crippen molar-refractivity contribution < 1.29 is 21.6 Å². The molecule has 0 radical (unpaired) electrons. The van der Waals surface area contributed by atoms with Gasteiger partial charge >= 0.3 is 6.18 Å². The molecule has 2 unspecified atom stereocenters. The van der Waals surface area contributed by atoms with Crippen molar-refractivity contribution in [3.63, 3.8) is 0 Å². The normalized spacial score (nSPS) is 27.4. The molecular weight excluding hydrogens is 313 g/mol. The van der Waals surface area contributed by atoms with Crippen LogP contribution in [-0.4, -0.2) is 18.9 Å². The second kappa shape index (κ2) is 5.11. The van der Waals surface area contributed by atoms with E-state index in [1.54, 1.807) is 12.1 Å². The zero-order valence-corrected chi connectivity index (χ0v) is 13.0. The molecule has 0 saturated carbocycles. The summed E-state index contributed by atoms with van der Waals surface area (Å²) in [6.07, 6.45) is -0.361. The van der Waals surface area contributed by atoms with E-state index >= 15 is 0 Å². The summed E-state index contributed by atoms with van der Waals surface area (Å²) in [5.41, 5.74) is 0.804. The Bertz CT molecular complexity index is 732. The van der Waals surface area contributed by atoms with Crippen LogP contribution in [-0.2, 0) is 16.0 Å². The zero-order valence-electron chi connectivity index (χ0n) is 12.2. The molecule has 0 amide bonds. The van der Waals surface area contributed by atoms with Gasteiger partial charge in [-0.15, -0.1) is 0 Å². The summed E-state index contributed by atoms with van der Waals surface area (Å²) in [4.78, 5) is 0. The molecule has 2 bridgehead atoms. The molecule has 6 heteroatoms. The van der Waals surface area contributed by atoms with Crippen molar-refractivity contribution in [1.82, 2.24) is 0 Å². The van der Waals surface area contributed by atoms with E-state index in [4.69, 9.17) is 0 Å². The fraction of sp³-hybridized carbons (Fsp3) is 0.500. The number of alkyl halides is 3. The predicted octanol–water partition coefficient (Wildman–Crippen LogP) is 4.14. The first-order chi connectivity index (χ1) is 10.2. The molecule has 2 nitrogen and oxygen atoms in total. The van der Waals surface area contributed by atoms with Gasteiger partial charge < -0.3 is 0 Å². The Morgan fingerprint density at radius 3 is 2.55 bits per heavy atom. The van der Waals surface area contributed by atoms with Crippen LogP contribution in [0.4, 0.5) is 13.2 Å². The van der Waals surface area contributed by atoms with Crippen LogP contribution in [0, 0.1) is 6.92 Å². The van der Waals surface area contributed by atoms with E-state index in [0.717, 1.165) is 18.1 Å². The average molecular weight is 330 g/mol. The lowest BCUT2D eigenvalue weighted by Gasteiger charge is -2.34. The van der Waals surface area contributed by atoms with Crippen LogP contribution in [0.5, 0.6) is 0 Å². The SMILES string of the molecule is Cc1c(C2=CC3CCCC(C2)S3(=O)=O)cccc1C(F)(F)F. The highest BCUT2D eigenvalue weighted by Crippen LogP contribution is 2.41. The van der Waals surface area contributed by atoms with E-state index in [-0.39, 0.29) is 5.56 Å². The Morgan fingerprint density at radius 1 is 1.18 bits per heavy atom. The summed E-state index contributed by atoms with van der Waals surface area (Å²) in [5.74, 6) is 0. The standard InChI is InChI=1S/C16H17F3O2S/c1-10-14(6-3-7-15(10)16(17,18)19)11-8-12-4-2-5-13(9-11)22(12,20)21/h3,6-8,12-13H,2,4-5,9H2,1H3. The van der Waals surface area contributed by atoms with Gasteiger partial charge in [-0.25, -0.2) is 8.42 Å². The van der Waals surface area contributed by atoms with Crippen LogP contribution in [0.15, 0.2) is 24.3 Å². The topological polar surface area (TPSA) is 34.1 Å². The number of fused-ring (bicyclic) bond motifs is 2. The minimum absolute atomic E-state index is 0.179. The predicted molar refractivity (Wildman–Crippen MR) is 79.1 cm³/mol. The highest BCUT2D eigenvalue weighted by Gasteiger charge is 2.41. The Labute approximate surface area is 128 Å². The van der Waals surface area contributed by atoms with Crippen molar-refractivity contribution in [2.24, 2.45) is 0 Å². The fourth-order valence-electron chi connectivity index (χ4n) is 3.55. The third-order valence-electron chi connectivity index (χ3n) is 4.72. The Balaban J connectivity index is 2.08. The minimum atomic E-state index is -4.39. The van der Waals surface area contributed by atoms with Crippen molar-refractivity contribution in [1.29, 1.82) is 0 Å². The Kier molecular flexibility index (Phi) is 3.62. The molecule has 120 valence electrons. The van der Waals surface area contributed by atoms with Gasteiger partial charge in [0.2, 0.25) is 0 Å². The molecule has 1 saturated heterocycles. The monoisotopic (exact) mass is 330 g/mol. The van der Waals surface area contributed by atoms with E-state index in [0.29, 0.717) is 24.8 Å². The number of benzene rings is 1. The number of rotatable bonds is 1. The van der Waals surface area contributed by atoms with E-state index in [1.165, 1.54) is 13.0 Å². The summed E-state index contributed by atoms with van der Waals surface area (Å²) < 4.78 is 63.6. The van der Waals surface area contributed by atoms with Crippen molar-refractivity contribution in [2.45, 2.75) is 49.3 Å². The molecule has 0 aliphatic carbocycles. The molecule has 2 aliphatic rings. The summed E-state index contributed by atoms with van der Waals surface area (Å²) in [6, 6.07) is 4.12. The van der Waals surface area contributed by atoms with Crippen LogP contribution >= 0.6 is 0 Å². The van der Waals surface area contributed by atoms with E-state index in [9.17, 15) is 21.6 Å². The number of allylic oxidation sites excluding steroid dienone is 1. The summed E-state index contributed by atoms with van der Waals surface area (Å²) >= 11 is 0. The Hall–Kier alpha value is -1.30. The molecule has 0 spiro atoms. The lowest BCUT2D eigenvalue weighted by atomic mass is 9.89. The second-order valence-corrected chi connectivity index (χ2v) is 8.50. The highest BCUT2D eigenvalue weighted by molar-refractivity contribution is 7.93. The van der Waals surface area contributed by atoms with Gasteiger partial charge in [0.05, 0.1) is 16.1 Å². The molecule has 2 heterocycles. The third-order valence-corrected chi connectivity index (χ3v) is 7.27. The lowest BCUT2D eigenvalue weighted by molar-refractivity contribution is -0.138. The van der Waals surface area contributed by atoms with E-state index in [1.807, 2.05) is 0 Å². The van der Waals surface area contributed by atoms with Crippen molar-refractivity contribution >= 4 is 15.4 Å².